The molecule has 3 aromatic rings. The number of aromatic nitrogens is 4. The quantitative estimate of drug-likeness (QED) is 0.640. The van der Waals surface area contributed by atoms with Gasteiger partial charge < -0.3 is 4.90 Å². The summed E-state index contributed by atoms with van der Waals surface area (Å²) in [7, 11) is 0. The Hall–Kier alpha value is -3.35. The van der Waals surface area contributed by atoms with Crippen molar-refractivity contribution >= 4 is 11.7 Å². The van der Waals surface area contributed by atoms with Gasteiger partial charge in [0.1, 0.15) is 6.54 Å². The second-order valence-corrected chi connectivity index (χ2v) is 6.89. The molecule has 142 valence electrons. The molecule has 2 heterocycles. The molecule has 1 aliphatic rings. The van der Waals surface area contributed by atoms with Crippen molar-refractivity contribution in [2.24, 2.45) is 5.92 Å². The van der Waals surface area contributed by atoms with Crippen molar-refractivity contribution in [2.75, 3.05) is 13.1 Å². The highest BCUT2D eigenvalue weighted by Gasteiger charge is 2.28. The minimum atomic E-state index is -0.0531. The lowest BCUT2D eigenvalue weighted by Gasteiger charge is -2.31. The maximum atomic E-state index is 12.6. The van der Waals surface area contributed by atoms with Gasteiger partial charge in [-0.05, 0) is 18.1 Å². The predicted molar refractivity (Wildman–Crippen MR) is 103 cm³/mol. The molecule has 1 amide bonds. The third kappa shape index (κ3) is 3.98. The molecule has 0 radical (unpaired) electrons. The van der Waals surface area contributed by atoms with Crippen molar-refractivity contribution in [2.45, 2.75) is 19.4 Å². The van der Waals surface area contributed by atoms with E-state index in [1.165, 1.54) is 4.80 Å². The van der Waals surface area contributed by atoms with Crippen LogP contribution in [0.5, 0.6) is 0 Å². The van der Waals surface area contributed by atoms with Gasteiger partial charge in [-0.1, -0.05) is 60.7 Å². The van der Waals surface area contributed by atoms with E-state index in [1.54, 1.807) is 4.90 Å². The van der Waals surface area contributed by atoms with Crippen LogP contribution in [-0.4, -0.2) is 49.9 Å². The van der Waals surface area contributed by atoms with E-state index in [4.69, 9.17) is 0 Å². The topological polar surface area (TPSA) is 81.0 Å². The molecule has 28 heavy (non-hydrogen) atoms. The lowest BCUT2D eigenvalue weighted by atomic mass is 9.89. The number of ketones is 1. The van der Waals surface area contributed by atoms with E-state index in [2.05, 4.69) is 15.4 Å². The molecule has 7 heteroatoms. The predicted octanol–water partition coefficient (Wildman–Crippen LogP) is 2.46. The number of nitrogens with zero attached hydrogens (tertiary/aromatic N) is 5. The van der Waals surface area contributed by atoms with Gasteiger partial charge in [0.05, 0.1) is 0 Å². The highest BCUT2D eigenvalue weighted by Crippen LogP contribution is 2.22. The molecule has 0 spiro atoms. The Bertz CT molecular complexity index is 947. The summed E-state index contributed by atoms with van der Waals surface area (Å²) in [4.78, 5) is 28.2. The molecule has 7 nitrogen and oxygen atoms in total. The van der Waals surface area contributed by atoms with Crippen LogP contribution >= 0.6 is 0 Å². The van der Waals surface area contributed by atoms with E-state index in [-0.39, 0.29) is 24.2 Å². The first-order valence-electron chi connectivity index (χ1n) is 9.41. The van der Waals surface area contributed by atoms with Crippen LogP contribution in [0.4, 0.5) is 0 Å². The number of carbonyl (C=O) groups is 2. The van der Waals surface area contributed by atoms with Gasteiger partial charge in [0.25, 0.3) is 0 Å². The van der Waals surface area contributed by atoms with Gasteiger partial charge in [-0.3, -0.25) is 9.59 Å². The van der Waals surface area contributed by atoms with Crippen molar-refractivity contribution in [1.29, 1.82) is 0 Å². The summed E-state index contributed by atoms with van der Waals surface area (Å²) in [6.07, 6.45) is 1.36. The van der Waals surface area contributed by atoms with Gasteiger partial charge in [0.15, 0.2) is 5.78 Å². The second kappa shape index (κ2) is 8.12. The third-order valence-electron chi connectivity index (χ3n) is 5.04. The summed E-state index contributed by atoms with van der Waals surface area (Å²) < 4.78 is 0. The fraction of sp³-hybridized carbons (Fsp3) is 0.286. The minimum absolute atomic E-state index is 0.0272. The smallest absolute Gasteiger partial charge is 0.246 e. The van der Waals surface area contributed by atoms with Crippen LogP contribution in [0.1, 0.15) is 23.2 Å². The first kappa shape index (κ1) is 18.0. The maximum absolute atomic E-state index is 12.6. The summed E-state index contributed by atoms with van der Waals surface area (Å²) >= 11 is 0. The van der Waals surface area contributed by atoms with E-state index in [0.29, 0.717) is 31.8 Å². The lowest BCUT2D eigenvalue weighted by molar-refractivity contribution is -0.133. The average Bonchev–Trinajstić information content (AvgIpc) is 3.23. The lowest BCUT2D eigenvalue weighted by Crippen LogP contribution is -2.42. The van der Waals surface area contributed by atoms with Gasteiger partial charge in [0, 0.05) is 30.1 Å². The Labute approximate surface area is 163 Å². The standard InChI is InChI=1S/C21H21N5O2/c27-19(15-26-23-21(22-24-26)18-9-5-2-6-10-18)25-13-11-17(12-14-25)20(28)16-7-3-1-4-8-16/h1-10,17H,11-15H2. The Morgan fingerprint density at radius 2 is 1.57 bits per heavy atom. The number of hydrogen-bond acceptors (Lipinski definition) is 5. The largest absolute Gasteiger partial charge is 0.341 e. The number of amides is 1. The highest BCUT2D eigenvalue weighted by molar-refractivity contribution is 5.98. The summed E-state index contributed by atoms with van der Waals surface area (Å²) in [5, 5.41) is 12.3. The van der Waals surface area contributed by atoms with Crippen LogP contribution in [0.25, 0.3) is 11.4 Å². The van der Waals surface area contributed by atoms with Crippen molar-refractivity contribution < 1.29 is 9.59 Å². The molecule has 0 bridgehead atoms. The Morgan fingerprint density at radius 1 is 0.929 bits per heavy atom. The fourth-order valence-corrected chi connectivity index (χ4v) is 3.46. The number of rotatable bonds is 5. The summed E-state index contributed by atoms with van der Waals surface area (Å²) in [5.74, 6) is 0.585. The molecule has 0 aliphatic carbocycles. The molecular formula is C21H21N5O2. The van der Waals surface area contributed by atoms with Gasteiger partial charge in [0.2, 0.25) is 11.7 Å². The van der Waals surface area contributed by atoms with Crippen molar-refractivity contribution in [1.82, 2.24) is 25.1 Å². The van der Waals surface area contributed by atoms with Gasteiger partial charge in [-0.2, -0.15) is 4.80 Å². The summed E-state index contributed by atoms with van der Waals surface area (Å²) in [6, 6.07) is 18.9. The molecule has 0 saturated carbocycles. The monoisotopic (exact) mass is 375 g/mol. The molecule has 1 aliphatic heterocycles. The molecule has 1 saturated heterocycles. The number of carbonyl (C=O) groups excluding carboxylic acids is 2. The second-order valence-electron chi connectivity index (χ2n) is 6.89. The van der Waals surface area contributed by atoms with Crippen molar-refractivity contribution in [3.63, 3.8) is 0 Å². The molecule has 2 aromatic carbocycles. The number of likely N-dealkylation sites (tertiary alicyclic amines) is 1. The molecule has 1 fully saturated rings. The number of Topliss-reactive ketones (excluding diaryl/α,β-unsaturated/α-hetero) is 1. The van der Waals surface area contributed by atoms with Crippen LogP contribution in [0.3, 0.4) is 0 Å². The summed E-state index contributed by atoms with van der Waals surface area (Å²) in [6.45, 7) is 1.20. The van der Waals surface area contributed by atoms with Crippen LogP contribution in [0.2, 0.25) is 0 Å². The van der Waals surface area contributed by atoms with E-state index in [1.807, 2.05) is 60.7 Å². The number of benzene rings is 2. The van der Waals surface area contributed by atoms with Gasteiger partial charge in [-0.25, -0.2) is 0 Å². The number of tetrazole rings is 1. The first-order chi connectivity index (χ1) is 13.7. The van der Waals surface area contributed by atoms with Crippen LogP contribution in [0.15, 0.2) is 60.7 Å². The maximum Gasteiger partial charge on any atom is 0.246 e. The SMILES string of the molecule is O=C(c1ccccc1)C1CCN(C(=O)Cn2nnc(-c3ccccc3)n2)CC1. The molecule has 0 unspecified atom stereocenters. The van der Waals surface area contributed by atoms with Crippen LogP contribution < -0.4 is 0 Å². The van der Waals surface area contributed by atoms with E-state index < -0.39 is 0 Å². The molecular weight excluding hydrogens is 354 g/mol. The van der Waals surface area contributed by atoms with Gasteiger partial charge >= 0.3 is 0 Å². The molecule has 0 atom stereocenters. The number of hydrogen-bond donors (Lipinski definition) is 0. The zero-order valence-corrected chi connectivity index (χ0v) is 15.4. The Balaban J connectivity index is 1.32. The zero-order chi connectivity index (χ0) is 19.3. The van der Waals surface area contributed by atoms with Crippen LogP contribution in [-0.2, 0) is 11.3 Å². The van der Waals surface area contributed by atoms with E-state index in [0.717, 1.165) is 11.1 Å². The number of piperidine rings is 1. The highest BCUT2D eigenvalue weighted by atomic mass is 16.2. The normalized spacial score (nSPS) is 14.8. The van der Waals surface area contributed by atoms with Crippen molar-refractivity contribution in [3.05, 3.63) is 66.2 Å². The molecule has 0 N–H and O–H groups in total. The molecule has 1 aromatic heterocycles. The third-order valence-corrected chi connectivity index (χ3v) is 5.04. The van der Waals surface area contributed by atoms with Gasteiger partial charge in [-0.15, -0.1) is 10.2 Å². The first-order valence-corrected chi connectivity index (χ1v) is 9.41. The average molecular weight is 375 g/mol. The summed E-state index contributed by atoms with van der Waals surface area (Å²) in [5.41, 5.74) is 1.61. The minimum Gasteiger partial charge on any atom is -0.341 e. The fourth-order valence-electron chi connectivity index (χ4n) is 3.46. The van der Waals surface area contributed by atoms with Crippen LogP contribution in [0, 0.1) is 5.92 Å². The zero-order valence-electron chi connectivity index (χ0n) is 15.4. The van der Waals surface area contributed by atoms with Crippen molar-refractivity contribution in [3.8, 4) is 11.4 Å². The van der Waals surface area contributed by atoms with E-state index in [9.17, 15) is 9.59 Å². The van der Waals surface area contributed by atoms with E-state index >= 15 is 0 Å². The molecule has 4 rings (SSSR count). The Kier molecular flexibility index (Phi) is 5.23. The Morgan fingerprint density at radius 3 is 2.25 bits per heavy atom.